The molecule has 2 heteroatoms. The van der Waals surface area contributed by atoms with Crippen LogP contribution in [0.3, 0.4) is 0 Å². The van der Waals surface area contributed by atoms with Gasteiger partial charge in [0, 0.05) is 44.3 Å². The lowest BCUT2D eigenvalue weighted by molar-refractivity contribution is 0.921. The van der Waals surface area contributed by atoms with Gasteiger partial charge in [0.25, 0.3) is 0 Å². The average molecular weight is 515 g/mol. The van der Waals surface area contributed by atoms with Gasteiger partial charge in [-0.2, -0.15) is 0 Å². The molecule has 0 aromatic heterocycles. The van der Waals surface area contributed by atoms with Crippen LogP contribution in [0.1, 0.15) is 12.8 Å². The Morgan fingerprint density at radius 1 is 0.400 bits per heavy atom. The molecule has 0 bridgehead atoms. The standard InChI is InChI=1S/C38H30N2/c1-5-17-29(18-6-1)39(30-19-7-2-8-20-30)37-33-25-13-15-27-35(33)38(36-28-16-14-26-34(36)37)40(31-21-9-3-10-22-31)32-23-11-4-12-24-32/h1-11,13-23,25-28H,12,24H2. The van der Waals surface area contributed by atoms with Crippen LogP contribution in [0.15, 0.2) is 163 Å². The van der Waals surface area contributed by atoms with E-state index < -0.39 is 0 Å². The maximum absolute atomic E-state index is 2.48. The van der Waals surface area contributed by atoms with Crippen molar-refractivity contribution < 1.29 is 0 Å². The number of nitrogens with zero attached hydrogens (tertiary/aromatic N) is 2. The Morgan fingerprint density at radius 2 is 0.775 bits per heavy atom. The summed E-state index contributed by atoms with van der Waals surface area (Å²) in [5, 5.41) is 4.90. The van der Waals surface area contributed by atoms with Crippen molar-refractivity contribution in [1.29, 1.82) is 0 Å². The zero-order valence-electron chi connectivity index (χ0n) is 22.3. The molecule has 0 spiro atoms. The van der Waals surface area contributed by atoms with Crippen LogP contribution in [-0.4, -0.2) is 0 Å². The molecule has 192 valence electrons. The van der Waals surface area contributed by atoms with Gasteiger partial charge < -0.3 is 9.80 Å². The van der Waals surface area contributed by atoms with Crippen molar-refractivity contribution in [3.8, 4) is 0 Å². The lowest BCUT2D eigenvalue weighted by Gasteiger charge is -2.34. The van der Waals surface area contributed by atoms with Crippen LogP contribution in [0.5, 0.6) is 0 Å². The largest absolute Gasteiger partial charge is 0.313 e. The van der Waals surface area contributed by atoms with Gasteiger partial charge in [0.1, 0.15) is 0 Å². The quantitative estimate of drug-likeness (QED) is 0.161. The van der Waals surface area contributed by atoms with Gasteiger partial charge in [0.2, 0.25) is 0 Å². The molecule has 6 aromatic carbocycles. The van der Waals surface area contributed by atoms with Crippen LogP contribution in [0.4, 0.5) is 28.4 Å². The van der Waals surface area contributed by atoms with Crippen LogP contribution in [0.25, 0.3) is 21.5 Å². The summed E-state index contributed by atoms with van der Waals surface area (Å²) >= 11 is 0. The van der Waals surface area contributed by atoms with Crippen LogP contribution >= 0.6 is 0 Å². The Kier molecular flexibility index (Phi) is 6.35. The van der Waals surface area contributed by atoms with Crippen molar-refractivity contribution in [2.24, 2.45) is 0 Å². The number of para-hydroxylation sites is 3. The Bertz CT molecular complexity index is 1740. The molecule has 0 heterocycles. The number of allylic oxidation sites excluding steroid dienone is 4. The lowest BCUT2D eigenvalue weighted by Crippen LogP contribution is -2.19. The molecule has 1 aliphatic rings. The monoisotopic (exact) mass is 514 g/mol. The number of fused-ring (bicyclic) bond motifs is 2. The summed E-state index contributed by atoms with van der Waals surface area (Å²) in [6, 6.07) is 50.0. The zero-order valence-corrected chi connectivity index (χ0v) is 22.3. The summed E-state index contributed by atoms with van der Waals surface area (Å²) < 4.78 is 0. The van der Waals surface area contributed by atoms with E-state index in [1.165, 1.54) is 44.3 Å². The number of hydrogen-bond acceptors (Lipinski definition) is 2. The fraction of sp³-hybridized carbons (Fsp3) is 0.0526. The highest BCUT2D eigenvalue weighted by Crippen LogP contribution is 2.50. The van der Waals surface area contributed by atoms with E-state index >= 15 is 0 Å². The van der Waals surface area contributed by atoms with Gasteiger partial charge in [0.15, 0.2) is 0 Å². The summed E-state index contributed by atoms with van der Waals surface area (Å²) in [7, 11) is 0. The second-order valence-corrected chi connectivity index (χ2v) is 10.1. The van der Waals surface area contributed by atoms with Crippen LogP contribution in [0, 0.1) is 0 Å². The van der Waals surface area contributed by atoms with Crippen molar-refractivity contribution in [3.63, 3.8) is 0 Å². The Balaban J connectivity index is 1.61. The SMILES string of the molecule is C1=CCCC(N(c2ccccc2)c2c3ccccc3c(N(c3ccccc3)c3ccccc3)c3ccccc23)=C1. The minimum absolute atomic E-state index is 0.996. The molecule has 0 fully saturated rings. The fourth-order valence-electron chi connectivity index (χ4n) is 5.92. The summed E-state index contributed by atoms with van der Waals surface area (Å²) in [4.78, 5) is 4.89. The van der Waals surface area contributed by atoms with Gasteiger partial charge in [-0.05, 0) is 55.3 Å². The van der Waals surface area contributed by atoms with Crippen LogP contribution in [0.2, 0.25) is 0 Å². The third-order valence-electron chi connectivity index (χ3n) is 7.64. The maximum Gasteiger partial charge on any atom is 0.0619 e. The summed E-state index contributed by atoms with van der Waals surface area (Å²) in [5.74, 6) is 0. The summed E-state index contributed by atoms with van der Waals surface area (Å²) in [6.07, 6.45) is 8.76. The van der Waals surface area contributed by atoms with Crippen molar-refractivity contribution in [2.75, 3.05) is 9.80 Å². The molecule has 6 aromatic rings. The van der Waals surface area contributed by atoms with E-state index in [4.69, 9.17) is 0 Å². The Labute approximate surface area is 235 Å². The zero-order chi connectivity index (χ0) is 26.7. The predicted molar refractivity (Wildman–Crippen MR) is 171 cm³/mol. The molecule has 0 N–H and O–H groups in total. The molecule has 2 nitrogen and oxygen atoms in total. The predicted octanol–water partition coefficient (Wildman–Crippen LogP) is 10.8. The first-order valence-corrected chi connectivity index (χ1v) is 13.9. The average Bonchev–Trinajstić information content (AvgIpc) is 3.04. The Morgan fingerprint density at radius 3 is 1.18 bits per heavy atom. The molecule has 0 radical (unpaired) electrons. The third kappa shape index (κ3) is 4.24. The highest BCUT2D eigenvalue weighted by molar-refractivity contribution is 6.22. The van der Waals surface area contributed by atoms with Gasteiger partial charge in [-0.15, -0.1) is 0 Å². The maximum atomic E-state index is 2.48. The van der Waals surface area contributed by atoms with E-state index in [1.807, 2.05) is 0 Å². The van der Waals surface area contributed by atoms with E-state index in [9.17, 15) is 0 Å². The molecular formula is C38H30N2. The van der Waals surface area contributed by atoms with E-state index in [2.05, 4.69) is 168 Å². The number of hydrogen-bond donors (Lipinski definition) is 0. The molecule has 0 amide bonds. The number of anilines is 5. The molecule has 0 aliphatic heterocycles. The molecule has 0 saturated carbocycles. The van der Waals surface area contributed by atoms with E-state index in [0.29, 0.717) is 0 Å². The fourth-order valence-corrected chi connectivity index (χ4v) is 5.92. The summed E-state index contributed by atoms with van der Waals surface area (Å²) in [6.45, 7) is 0. The first-order chi connectivity index (χ1) is 19.9. The van der Waals surface area contributed by atoms with Gasteiger partial charge in [-0.1, -0.05) is 115 Å². The number of benzene rings is 6. The molecule has 0 saturated heterocycles. The highest BCUT2D eigenvalue weighted by atomic mass is 15.2. The summed E-state index contributed by atoms with van der Waals surface area (Å²) in [5.41, 5.74) is 7.17. The Hall–Kier alpha value is -5.08. The minimum Gasteiger partial charge on any atom is -0.313 e. The van der Waals surface area contributed by atoms with Gasteiger partial charge in [-0.3, -0.25) is 0 Å². The number of rotatable bonds is 6. The van der Waals surface area contributed by atoms with Crippen molar-refractivity contribution in [3.05, 3.63) is 163 Å². The van der Waals surface area contributed by atoms with Gasteiger partial charge in [-0.25, -0.2) is 0 Å². The van der Waals surface area contributed by atoms with Crippen LogP contribution in [-0.2, 0) is 0 Å². The first-order valence-electron chi connectivity index (χ1n) is 13.9. The third-order valence-corrected chi connectivity index (χ3v) is 7.64. The van der Waals surface area contributed by atoms with E-state index in [0.717, 1.165) is 24.2 Å². The van der Waals surface area contributed by atoms with Crippen LogP contribution < -0.4 is 9.80 Å². The molecule has 0 unspecified atom stereocenters. The molecule has 7 rings (SSSR count). The smallest absolute Gasteiger partial charge is 0.0619 e. The van der Waals surface area contributed by atoms with Crippen molar-refractivity contribution in [1.82, 2.24) is 0 Å². The lowest BCUT2D eigenvalue weighted by atomic mass is 9.95. The van der Waals surface area contributed by atoms with Crippen molar-refractivity contribution in [2.45, 2.75) is 12.8 Å². The second-order valence-electron chi connectivity index (χ2n) is 10.1. The molecular weight excluding hydrogens is 484 g/mol. The molecule has 1 aliphatic carbocycles. The van der Waals surface area contributed by atoms with E-state index in [-0.39, 0.29) is 0 Å². The first kappa shape index (κ1) is 24.0. The molecule has 0 atom stereocenters. The van der Waals surface area contributed by atoms with Crippen molar-refractivity contribution >= 4 is 50.0 Å². The normalized spacial score (nSPS) is 12.8. The minimum atomic E-state index is 0.996. The highest BCUT2D eigenvalue weighted by Gasteiger charge is 2.25. The van der Waals surface area contributed by atoms with Gasteiger partial charge >= 0.3 is 0 Å². The molecule has 40 heavy (non-hydrogen) atoms. The van der Waals surface area contributed by atoms with Gasteiger partial charge in [0.05, 0.1) is 11.4 Å². The second kappa shape index (κ2) is 10.6. The van der Waals surface area contributed by atoms with E-state index in [1.54, 1.807) is 0 Å². The topological polar surface area (TPSA) is 6.48 Å².